The number of carbonyl (C=O) groups excluding carboxylic acids is 1. The minimum atomic E-state index is -0.424. The number of halogens is 1. The molecule has 5 rings (SSSR count). The van der Waals surface area contributed by atoms with Crippen LogP contribution in [0.1, 0.15) is 30.5 Å². The zero-order chi connectivity index (χ0) is 24.5. The zero-order valence-corrected chi connectivity index (χ0v) is 19.3. The molecular formula is C25H24FN7O2. The molecule has 0 bridgehead atoms. The second-order valence-electron chi connectivity index (χ2n) is 8.41. The van der Waals surface area contributed by atoms with E-state index < -0.39 is 11.9 Å². The van der Waals surface area contributed by atoms with Crippen molar-refractivity contribution in [3.05, 3.63) is 83.3 Å². The van der Waals surface area contributed by atoms with Gasteiger partial charge in [0.15, 0.2) is 0 Å². The van der Waals surface area contributed by atoms with Crippen LogP contribution in [0.5, 0.6) is 5.88 Å². The number of pyridine rings is 1. The van der Waals surface area contributed by atoms with E-state index in [4.69, 9.17) is 10.6 Å². The standard InChI is InChI=1S/C25H24FN7O2/c1-15-24-20(30-14-33(15)27)10-22(32(25(24)34)13-16-5-7-28-8-6-16)18-4-3-17(26)9-19(18)21-11-29-12-23(31-21)35-2/h3-9,11-12,14-15,22H,10,13,27H2,1-2H3/t15-,22?/m1/s1. The minimum absolute atomic E-state index is 0.167. The van der Waals surface area contributed by atoms with Crippen molar-refractivity contribution in [1.82, 2.24) is 24.9 Å². The fourth-order valence-corrected chi connectivity index (χ4v) is 4.51. The first-order valence-electron chi connectivity index (χ1n) is 11.1. The lowest BCUT2D eigenvalue weighted by atomic mass is 9.86. The van der Waals surface area contributed by atoms with E-state index in [1.165, 1.54) is 36.8 Å². The lowest BCUT2D eigenvalue weighted by molar-refractivity contribution is -0.132. The molecular weight excluding hydrogens is 449 g/mol. The first-order valence-corrected chi connectivity index (χ1v) is 11.1. The number of hydrazine groups is 1. The van der Waals surface area contributed by atoms with Crippen molar-refractivity contribution in [2.24, 2.45) is 10.8 Å². The lowest BCUT2D eigenvalue weighted by Gasteiger charge is -2.41. The van der Waals surface area contributed by atoms with Gasteiger partial charge in [0.1, 0.15) is 12.2 Å². The molecule has 2 atom stereocenters. The predicted molar refractivity (Wildman–Crippen MR) is 127 cm³/mol. The van der Waals surface area contributed by atoms with Crippen molar-refractivity contribution in [3.63, 3.8) is 0 Å². The molecule has 0 fully saturated rings. The van der Waals surface area contributed by atoms with Crippen LogP contribution in [-0.4, -0.2) is 50.3 Å². The fourth-order valence-electron chi connectivity index (χ4n) is 4.51. The largest absolute Gasteiger partial charge is 0.480 e. The molecule has 0 aliphatic carbocycles. The molecule has 2 aliphatic heterocycles. The molecule has 178 valence electrons. The topological polar surface area (TPSA) is 110 Å². The molecule has 2 N–H and O–H groups in total. The number of carbonyl (C=O) groups is 1. The van der Waals surface area contributed by atoms with Crippen molar-refractivity contribution in [2.45, 2.75) is 32.0 Å². The average molecular weight is 474 g/mol. The highest BCUT2D eigenvalue weighted by Gasteiger charge is 2.40. The Morgan fingerprint density at radius 3 is 2.74 bits per heavy atom. The van der Waals surface area contributed by atoms with Crippen molar-refractivity contribution < 1.29 is 13.9 Å². The van der Waals surface area contributed by atoms with E-state index in [0.29, 0.717) is 41.4 Å². The third-order valence-corrected chi connectivity index (χ3v) is 6.35. The van der Waals surface area contributed by atoms with Gasteiger partial charge in [-0.05, 0) is 42.3 Å². The summed E-state index contributed by atoms with van der Waals surface area (Å²) in [6.07, 6.45) is 8.39. The summed E-state index contributed by atoms with van der Waals surface area (Å²) >= 11 is 0. The third-order valence-electron chi connectivity index (χ3n) is 6.35. The van der Waals surface area contributed by atoms with Crippen LogP contribution in [0.15, 0.2) is 71.4 Å². The van der Waals surface area contributed by atoms with Crippen LogP contribution in [0.4, 0.5) is 4.39 Å². The number of aromatic nitrogens is 3. The van der Waals surface area contributed by atoms with Gasteiger partial charge in [0.2, 0.25) is 5.88 Å². The molecule has 0 radical (unpaired) electrons. The van der Waals surface area contributed by atoms with Crippen LogP contribution in [0.3, 0.4) is 0 Å². The number of hydrogen-bond donors (Lipinski definition) is 1. The molecule has 35 heavy (non-hydrogen) atoms. The Bertz CT molecular complexity index is 1330. The van der Waals surface area contributed by atoms with Gasteiger partial charge in [-0.3, -0.25) is 19.8 Å². The monoisotopic (exact) mass is 473 g/mol. The van der Waals surface area contributed by atoms with Crippen LogP contribution in [0, 0.1) is 5.82 Å². The quantitative estimate of drug-likeness (QED) is 0.567. The molecule has 4 heterocycles. The van der Waals surface area contributed by atoms with Crippen LogP contribution in [0.25, 0.3) is 11.3 Å². The first-order chi connectivity index (χ1) is 17.0. The van der Waals surface area contributed by atoms with Crippen molar-refractivity contribution in [1.29, 1.82) is 0 Å². The Morgan fingerprint density at radius 1 is 1.17 bits per heavy atom. The summed E-state index contributed by atoms with van der Waals surface area (Å²) in [4.78, 5) is 32.9. The molecule has 10 heteroatoms. The van der Waals surface area contributed by atoms with Crippen molar-refractivity contribution in [3.8, 4) is 17.1 Å². The Labute approximate surface area is 201 Å². The number of methoxy groups -OCH3 is 1. The molecule has 0 saturated carbocycles. The molecule has 1 unspecified atom stereocenters. The molecule has 2 aliphatic rings. The molecule has 1 amide bonds. The van der Waals surface area contributed by atoms with Gasteiger partial charge in [-0.25, -0.2) is 20.2 Å². The Kier molecular flexibility index (Phi) is 5.96. The van der Waals surface area contributed by atoms with Crippen LogP contribution >= 0.6 is 0 Å². The highest BCUT2D eigenvalue weighted by Crippen LogP contribution is 2.42. The summed E-state index contributed by atoms with van der Waals surface area (Å²) in [6.45, 7) is 2.21. The second-order valence-corrected chi connectivity index (χ2v) is 8.41. The second kappa shape index (κ2) is 9.22. The van der Waals surface area contributed by atoms with Gasteiger partial charge in [0.05, 0.1) is 48.6 Å². The minimum Gasteiger partial charge on any atom is -0.480 e. The lowest BCUT2D eigenvalue weighted by Crippen LogP contribution is -2.49. The molecule has 1 aromatic carbocycles. The van der Waals surface area contributed by atoms with Crippen molar-refractivity contribution in [2.75, 3.05) is 7.11 Å². The summed E-state index contributed by atoms with van der Waals surface area (Å²) in [5.74, 6) is 5.76. The van der Waals surface area contributed by atoms with E-state index in [9.17, 15) is 9.18 Å². The highest BCUT2D eigenvalue weighted by atomic mass is 19.1. The van der Waals surface area contributed by atoms with Gasteiger partial charge in [0.25, 0.3) is 5.91 Å². The number of amides is 1. The van der Waals surface area contributed by atoms with Crippen LogP contribution in [-0.2, 0) is 11.3 Å². The number of hydrogen-bond acceptors (Lipinski definition) is 8. The number of ether oxygens (including phenoxy) is 1. The number of rotatable bonds is 5. The predicted octanol–water partition coefficient (Wildman–Crippen LogP) is 3.02. The fraction of sp³-hybridized carbons (Fsp3) is 0.240. The third kappa shape index (κ3) is 4.24. The normalized spacial score (nSPS) is 19.7. The summed E-state index contributed by atoms with van der Waals surface area (Å²) in [5, 5.41) is 1.43. The maximum Gasteiger partial charge on any atom is 0.254 e. The number of benzene rings is 1. The molecule has 0 spiro atoms. The maximum absolute atomic E-state index is 14.4. The summed E-state index contributed by atoms with van der Waals surface area (Å²) in [7, 11) is 1.49. The van der Waals surface area contributed by atoms with Gasteiger partial charge in [-0.1, -0.05) is 6.07 Å². The number of nitrogens with two attached hydrogens (primary N) is 1. The van der Waals surface area contributed by atoms with E-state index in [1.54, 1.807) is 29.6 Å². The summed E-state index contributed by atoms with van der Waals surface area (Å²) < 4.78 is 19.7. The Morgan fingerprint density at radius 2 is 1.97 bits per heavy atom. The maximum atomic E-state index is 14.4. The van der Waals surface area contributed by atoms with E-state index in [0.717, 1.165) is 11.1 Å². The Hall–Kier alpha value is -4.18. The van der Waals surface area contributed by atoms with Crippen LogP contribution < -0.4 is 10.6 Å². The summed E-state index contributed by atoms with van der Waals surface area (Å²) in [5.41, 5.74) is 3.87. The average Bonchev–Trinajstić information content (AvgIpc) is 2.88. The molecule has 2 aromatic heterocycles. The molecule has 0 saturated heterocycles. The van der Waals surface area contributed by atoms with E-state index in [1.807, 2.05) is 19.1 Å². The molecule has 9 nitrogen and oxygen atoms in total. The van der Waals surface area contributed by atoms with Crippen LogP contribution in [0.2, 0.25) is 0 Å². The van der Waals surface area contributed by atoms with Gasteiger partial charge in [-0.15, -0.1) is 0 Å². The number of nitrogens with zero attached hydrogens (tertiary/aromatic N) is 6. The van der Waals surface area contributed by atoms with E-state index >= 15 is 0 Å². The van der Waals surface area contributed by atoms with Crippen molar-refractivity contribution >= 4 is 12.2 Å². The molecule has 3 aromatic rings. The first kappa shape index (κ1) is 22.6. The highest BCUT2D eigenvalue weighted by molar-refractivity contribution is 5.98. The summed E-state index contributed by atoms with van der Waals surface area (Å²) in [6, 6.07) is 7.47. The van der Waals surface area contributed by atoms with Gasteiger partial charge >= 0.3 is 0 Å². The van der Waals surface area contributed by atoms with Gasteiger partial charge in [-0.2, -0.15) is 0 Å². The smallest absolute Gasteiger partial charge is 0.254 e. The zero-order valence-electron chi connectivity index (χ0n) is 19.3. The SMILES string of the molecule is COc1cncc(-c2cc(F)ccc2C2CC3=C(C(=O)N2Cc2ccncc2)[C@@H](C)N(N)C=N3)n1. The van der Waals surface area contributed by atoms with Gasteiger partial charge in [0, 0.05) is 30.9 Å². The van der Waals surface area contributed by atoms with E-state index in [-0.39, 0.29) is 11.9 Å². The van der Waals surface area contributed by atoms with E-state index in [2.05, 4.69) is 19.9 Å². The van der Waals surface area contributed by atoms with Gasteiger partial charge < -0.3 is 9.64 Å². The number of aliphatic imine (C=N–C) groups is 1. The Balaban J connectivity index is 1.65.